The smallest absolute Gasteiger partial charge is 0.0568 e. The molecule has 0 aliphatic carbocycles. The summed E-state index contributed by atoms with van der Waals surface area (Å²) in [6.45, 7) is 4.25. The number of hydrogen-bond acceptors (Lipinski definition) is 2. The van der Waals surface area contributed by atoms with Gasteiger partial charge in [-0.15, -0.1) is 0 Å². The van der Waals surface area contributed by atoms with Crippen LogP contribution in [0.1, 0.15) is 19.9 Å². The van der Waals surface area contributed by atoms with Gasteiger partial charge < -0.3 is 5.73 Å². The third kappa shape index (κ3) is 1.97. The van der Waals surface area contributed by atoms with Crippen LogP contribution in [0.25, 0.3) is 21.9 Å². The van der Waals surface area contributed by atoms with E-state index < -0.39 is 0 Å². The Hall–Kier alpha value is -2.29. The first-order valence-electron chi connectivity index (χ1n) is 6.48. The Bertz CT molecular complexity index is 726. The zero-order chi connectivity index (χ0) is 13.4. The van der Waals surface area contributed by atoms with Crippen molar-refractivity contribution in [3.8, 4) is 11.1 Å². The number of anilines is 1. The van der Waals surface area contributed by atoms with Crippen molar-refractivity contribution in [1.29, 1.82) is 0 Å². The summed E-state index contributed by atoms with van der Waals surface area (Å²) < 4.78 is 1.97. The average molecular weight is 251 g/mol. The molecule has 3 aromatic rings. The van der Waals surface area contributed by atoms with Gasteiger partial charge in [-0.05, 0) is 30.9 Å². The summed E-state index contributed by atoms with van der Waals surface area (Å²) in [6, 6.07) is 12.6. The first-order valence-corrected chi connectivity index (χ1v) is 6.48. The Morgan fingerprint density at radius 3 is 2.47 bits per heavy atom. The predicted octanol–water partition coefficient (Wildman–Crippen LogP) is 3.87. The van der Waals surface area contributed by atoms with Gasteiger partial charge in [0.05, 0.1) is 6.20 Å². The van der Waals surface area contributed by atoms with E-state index in [2.05, 4.69) is 43.3 Å². The van der Waals surface area contributed by atoms with Crippen LogP contribution in [0.2, 0.25) is 0 Å². The molecule has 2 N–H and O–H groups in total. The normalized spacial score (nSPS) is 11.3. The molecule has 96 valence electrons. The molecule has 0 bridgehead atoms. The van der Waals surface area contributed by atoms with Gasteiger partial charge in [0.1, 0.15) is 0 Å². The lowest BCUT2D eigenvalue weighted by atomic mass is 9.99. The molecule has 0 spiro atoms. The lowest BCUT2D eigenvalue weighted by Crippen LogP contribution is -1.99. The van der Waals surface area contributed by atoms with Crippen molar-refractivity contribution in [2.45, 2.75) is 19.9 Å². The van der Waals surface area contributed by atoms with Gasteiger partial charge in [0.25, 0.3) is 0 Å². The number of benzene rings is 2. The zero-order valence-electron chi connectivity index (χ0n) is 11.2. The van der Waals surface area contributed by atoms with Crippen LogP contribution in [0.4, 0.5) is 5.69 Å². The van der Waals surface area contributed by atoms with Crippen LogP contribution >= 0.6 is 0 Å². The van der Waals surface area contributed by atoms with Crippen molar-refractivity contribution >= 4 is 16.5 Å². The maximum atomic E-state index is 6.04. The lowest BCUT2D eigenvalue weighted by molar-refractivity contribution is 0.532. The lowest BCUT2D eigenvalue weighted by Gasteiger charge is -2.07. The fourth-order valence-corrected chi connectivity index (χ4v) is 2.33. The average Bonchev–Trinajstić information content (AvgIpc) is 2.89. The number of nitrogen functional groups attached to an aromatic ring is 1. The van der Waals surface area contributed by atoms with Crippen molar-refractivity contribution in [1.82, 2.24) is 9.78 Å². The Labute approximate surface area is 112 Å². The van der Waals surface area contributed by atoms with Crippen molar-refractivity contribution in [2.75, 3.05) is 5.73 Å². The minimum atomic E-state index is 0.369. The fraction of sp³-hybridized carbons (Fsp3) is 0.188. The van der Waals surface area contributed by atoms with Gasteiger partial charge >= 0.3 is 0 Å². The van der Waals surface area contributed by atoms with Crippen LogP contribution in [0.5, 0.6) is 0 Å². The van der Waals surface area contributed by atoms with Crippen molar-refractivity contribution in [3.63, 3.8) is 0 Å². The van der Waals surface area contributed by atoms with Crippen LogP contribution in [-0.2, 0) is 0 Å². The highest BCUT2D eigenvalue weighted by Crippen LogP contribution is 2.31. The molecular weight excluding hydrogens is 234 g/mol. The van der Waals surface area contributed by atoms with Crippen molar-refractivity contribution in [2.24, 2.45) is 0 Å². The van der Waals surface area contributed by atoms with E-state index >= 15 is 0 Å². The molecule has 1 aromatic heterocycles. The zero-order valence-corrected chi connectivity index (χ0v) is 11.2. The first kappa shape index (κ1) is 11.8. The van der Waals surface area contributed by atoms with E-state index in [0.29, 0.717) is 6.04 Å². The standard InChI is InChI=1S/C16H17N3/c1-11(2)19-10-12(9-18-19)13-7-8-16(17)15-6-4-3-5-14(13)15/h3-11H,17H2,1-2H3. The Morgan fingerprint density at radius 1 is 1.05 bits per heavy atom. The predicted molar refractivity (Wildman–Crippen MR) is 80.0 cm³/mol. The highest BCUT2D eigenvalue weighted by molar-refractivity contribution is 6.02. The van der Waals surface area contributed by atoms with E-state index in [-0.39, 0.29) is 0 Å². The number of nitrogens with zero attached hydrogens (tertiary/aromatic N) is 2. The molecule has 0 saturated carbocycles. The van der Waals surface area contributed by atoms with Gasteiger partial charge in [-0.1, -0.05) is 30.3 Å². The number of hydrogen-bond donors (Lipinski definition) is 1. The highest BCUT2D eigenvalue weighted by Gasteiger charge is 2.08. The molecule has 0 aliphatic rings. The molecule has 0 saturated heterocycles. The first-order chi connectivity index (χ1) is 9.16. The van der Waals surface area contributed by atoms with Crippen LogP contribution in [0.15, 0.2) is 48.8 Å². The molecule has 3 rings (SSSR count). The quantitative estimate of drug-likeness (QED) is 0.703. The van der Waals surface area contributed by atoms with Crippen molar-refractivity contribution < 1.29 is 0 Å². The van der Waals surface area contributed by atoms with Gasteiger partial charge in [0.2, 0.25) is 0 Å². The summed E-state index contributed by atoms with van der Waals surface area (Å²) in [5.41, 5.74) is 9.16. The van der Waals surface area contributed by atoms with Crippen LogP contribution in [-0.4, -0.2) is 9.78 Å². The summed E-state index contributed by atoms with van der Waals surface area (Å²) in [5.74, 6) is 0. The van der Waals surface area contributed by atoms with Gasteiger partial charge in [0, 0.05) is 28.9 Å². The third-order valence-electron chi connectivity index (χ3n) is 3.40. The molecule has 0 aliphatic heterocycles. The molecular formula is C16H17N3. The van der Waals surface area contributed by atoms with Crippen LogP contribution < -0.4 is 5.73 Å². The number of aromatic nitrogens is 2. The van der Waals surface area contributed by atoms with E-state index in [9.17, 15) is 0 Å². The second kappa shape index (κ2) is 4.43. The molecule has 0 amide bonds. The minimum absolute atomic E-state index is 0.369. The van der Waals surface area contributed by atoms with Crippen LogP contribution in [0, 0.1) is 0 Å². The Balaban J connectivity index is 2.22. The maximum absolute atomic E-state index is 6.04. The molecule has 0 unspecified atom stereocenters. The SMILES string of the molecule is CC(C)n1cc(-c2ccc(N)c3ccccc23)cn1. The summed E-state index contributed by atoms with van der Waals surface area (Å²) in [4.78, 5) is 0. The van der Waals surface area contributed by atoms with Gasteiger partial charge in [-0.25, -0.2) is 0 Å². The van der Waals surface area contributed by atoms with Crippen LogP contribution in [0.3, 0.4) is 0 Å². The molecule has 3 nitrogen and oxygen atoms in total. The van der Waals surface area contributed by atoms with E-state index in [1.54, 1.807) is 0 Å². The summed E-state index contributed by atoms with van der Waals surface area (Å²) >= 11 is 0. The van der Waals surface area contributed by atoms with Crippen molar-refractivity contribution in [3.05, 3.63) is 48.8 Å². The molecule has 19 heavy (non-hydrogen) atoms. The second-order valence-corrected chi connectivity index (χ2v) is 5.05. The molecule has 0 atom stereocenters. The van der Waals surface area contributed by atoms with Gasteiger partial charge in [0.15, 0.2) is 0 Å². The number of rotatable bonds is 2. The fourth-order valence-electron chi connectivity index (χ4n) is 2.33. The third-order valence-corrected chi connectivity index (χ3v) is 3.40. The summed E-state index contributed by atoms with van der Waals surface area (Å²) in [5, 5.41) is 6.67. The van der Waals surface area contributed by atoms with Gasteiger partial charge in [-0.2, -0.15) is 5.10 Å². The summed E-state index contributed by atoms with van der Waals surface area (Å²) in [7, 11) is 0. The van der Waals surface area contributed by atoms with Gasteiger partial charge in [-0.3, -0.25) is 4.68 Å². The molecule has 1 heterocycles. The van der Waals surface area contributed by atoms with E-state index in [0.717, 1.165) is 16.6 Å². The summed E-state index contributed by atoms with van der Waals surface area (Å²) in [6.07, 6.45) is 4.00. The largest absolute Gasteiger partial charge is 0.398 e. The molecule has 3 heteroatoms. The number of nitrogens with two attached hydrogens (primary N) is 1. The molecule has 0 fully saturated rings. The molecule has 0 radical (unpaired) electrons. The monoisotopic (exact) mass is 251 g/mol. The highest BCUT2D eigenvalue weighted by atomic mass is 15.3. The topological polar surface area (TPSA) is 43.8 Å². The Kier molecular flexibility index (Phi) is 2.75. The Morgan fingerprint density at radius 2 is 1.79 bits per heavy atom. The minimum Gasteiger partial charge on any atom is -0.398 e. The maximum Gasteiger partial charge on any atom is 0.0568 e. The second-order valence-electron chi connectivity index (χ2n) is 5.05. The van der Waals surface area contributed by atoms with E-state index in [1.165, 1.54) is 10.9 Å². The molecule has 2 aromatic carbocycles. The van der Waals surface area contributed by atoms with E-state index in [4.69, 9.17) is 5.73 Å². The number of fused-ring (bicyclic) bond motifs is 1. The van der Waals surface area contributed by atoms with E-state index in [1.807, 2.05) is 29.1 Å².